The quantitative estimate of drug-likeness (QED) is 0.137. The van der Waals surface area contributed by atoms with Gasteiger partial charge in [-0.25, -0.2) is 4.79 Å². The minimum Gasteiger partial charge on any atom is -0.481 e. The number of hydrogen-bond donors (Lipinski definition) is 9. The van der Waals surface area contributed by atoms with Crippen LogP contribution in [0.4, 0.5) is 0 Å². The Bertz CT molecular complexity index is 1120. The third-order valence-corrected chi connectivity index (χ3v) is 5.69. The molecule has 0 fully saturated rings. The maximum Gasteiger partial charge on any atom is 0.328 e. The Labute approximate surface area is 211 Å². The molecule has 3 amide bonds. The van der Waals surface area contributed by atoms with E-state index >= 15 is 0 Å². The second-order valence-corrected chi connectivity index (χ2v) is 8.50. The van der Waals surface area contributed by atoms with Crippen molar-refractivity contribution in [3.05, 3.63) is 36.0 Å². The van der Waals surface area contributed by atoms with Gasteiger partial charge < -0.3 is 42.0 Å². The Hall–Kier alpha value is -3.62. The average molecular weight is 524 g/mol. The van der Waals surface area contributed by atoms with Gasteiger partial charge in [-0.05, 0) is 25.0 Å². The van der Waals surface area contributed by atoms with Crippen LogP contribution in [0.25, 0.3) is 10.9 Å². The molecule has 5 unspecified atom stereocenters. The molecular formula is C22H29N5O8S. The van der Waals surface area contributed by atoms with Crippen molar-refractivity contribution in [1.29, 1.82) is 0 Å². The van der Waals surface area contributed by atoms with Crippen LogP contribution in [-0.4, -0.2) is 86.0 Å². The predicted octanol–water partition coefficient (Wildman–Crippen LogP) is -1.64. The van der Waals surface area contributed by atoms with Crippen LogP contribution in [0.5, 0.6) is 0 Å². The van der Waals surface area contributed by atoms with E-state index < -0.39 is 66.4 Å². The number of aliphatic carboxylic acids is 2. The van der Waals surface area contributed by atoms with Crippen molar-refractivity contribution in [1.82, 2.24) is 20.9 Å². The maximum absolute atomic E-state index is 12.7. The molecule has 0 radical (unpaired) electrons. The van der Waals surface area contributed by atoms with E-state index in [9.17, 15) is 29.1 Å². The zero-order chi connectivity index (χ0) is 27.0. The Morgan fingerprint density at radius 2 is 1.61 bits per heavy atom. The normalized spacial score (nSPS) is 15.2. The lowest BCUT2D eigenvalue weighted by Gasteiger charge is -2.24. The molecule has 2 rings (SSSR count). The molecule has 196 valence electrons. The van der Waals surface area contributed by atoms with Crippen molar-refractivity contribution in [3.8, 4) is 0 Å². The van der Waals surface area contributed by atoms with E-state index in [2.05, 4.69) is 28.2 Å². The molecule has 1 heterocycles. The summed E-state index contributed by atoms with van der Waals surface area (Å²) in [5.74, 6) is -5.95. The number of aromatic amines is 1. The summed E-state index contributed by atoms with van der Waals surface area (Å²) in [4.78, 5) is 63.3. The van der Waals surface area contributed by atoms with Gasteiger partial charge in [-0.15, -0.1) is 0 Å². The second kappa shape index (κ2) is 12.9. The number of hydrogen-bond acceptors (Lipinski definition) is 8. The van der Waals surface area contributed by atoms with Gasteiger partial charge in [-0.1, -0.05) is 18.2 Å². The minimum atomic E-state index is -1.73. The molecule has 2 aromatic rings. The number of H-pyrrole nitrogens is 1. The molecule has 1 aromatic heterocycles. The highest BCUT2D eigenvalue weighted by atomic mass is 32.1. The Balaban J connectivity index is 2.05. The van der Waals surface area contributed by atoms with Crippen molar-refractivity contribution in [2.45, 2.75) is 50.0 Å². The highest BCUT2D eigenvalue weighted by Crippen LogP contribution is 2.18. The SMILES string of the molecule is CC(O)C(NC(=O)C(CC(=O)O)NC(=O)C(CS)NC(=O)C(N)Cc1c[nH]c2ccccc12)C(=O)O. The number of aromatic nitrogens is 1. The number of amides is 3. The number of nitrogens with one attached hydrogen (secondary N) is 4. The number of carbonyl (C=O) groups is 5. The number of carbonyl (C=O) groups excluding carboxylic acids is 3. The first-order chi connectivity index (χ1) is 16.9. The van der Waals surface area contributed by atoms with Gasteiger partial charge >= 0.3 is 11.9 Å². The molecule has 5 atom stereocenters. The van der Waals surface area contributed by atoms with Crippen LogP contribution < -0.4 is 21.7 Å². The first kappa shape index (κ1) is 28.6. The van der Waals surface area contributed by atoms with Crippen molar-refractivity contribution in [3.63, 3.8) is 0 Å². The summed E-state index contributed by atoms with van der Waals surface area (Å²) in [7, 11) is 0. The molecule has 1 aromatic carbocycles. The summed E-state index contributed by atoms with van der Waals surface area (Å²) in [5.41, 5.74) is 7.69. The van der Waals surface area contributed by atoms with Crippen LogP contribution in [0.1, 0.15) is 18.9 Å². The third-order valence-electron chi connectivity index (χ3n) is 5.33. The number of carboxylic acid groups (broad SMARTS) is 2. The molecule has 0 aliphatic heterocycles. The molecule has 36 heavy (non-hydrogen) atoms. The van der Waals surface area contributed by atoms with Crippen molar-refractivity contribution in [2.75, 3.05) is 5.75 Å². The topological polar surface area (TPSA) is 224 Å². The highest BCUT2D eigenvalue weighted by molar-refractivity contribution is 7.80. The number of aliphatic hydroxyl groups is 1. The van der Waals surface area contributed by atoms with Gasteiger partial charge in [0.15, 0.2) is 6.04 Å². The lowest BCUT2D eigenvalue weighted by Crippen LogP contribution is -2.59. The average Bonchev–Trinajstić information content (AvgIpc) is 3.22. The third kappa shape index (κ3) is 7.69. The van der Waals surface area contributed by atoms with Crippen LogP contribution in [0.15, 0.2) is 30.5 Å². The number of benzene rings is 1. The number of nitrogens with two attached hydrogens (primary N) is 1. The van der Waals surface area contributed by atoms with E-state index in [1.165, 1.54) is 0 Å². The first-order valence-corrected chi connectivity index (χ1v) is 11.5. The molecule has 9 N–H and O–H groups in total. The summed E-state index contributed by atoms with van der Waals surface area (Å²) in [6, 6.07) is 1.73. The molecule has 13 nitrogen and oxygen atoms in total. The Morgan fingerprint density at radius 1 is 1.00 bits per heavy atom. The number of carboxylic acids is 2. The van der Waals surface area contributed by atoms with E-state index in [-0.39, 0.29) is 12.2 Å². The second-order valence-electron chi connectivity index (χ2n) is 8.14. The molecular weight excluding hydrogens is 494 g/mol. The largest absolute Gasteiger partial charge is 0.481 e. The molecule has 0 spiro atoms. The van der Waals surface area contributed by atoms with Crippen LogP contribution in [0.3, 0.4) is 0 Å². The van der Waals surface area contributed by atoms with Crippen LogP contribution in [-0.2, 0) is 30.4 Å². The van der Waals surface area contributed by atoms with Gasteiger partial charge in [0, 0.05) is 22.9 Å². The van der Waals surface area contributed by atoms with Gasteiger partial charge in [-0.2, -0.15) is 12.6 Å². The number of fused-ring (bicyclic) bond motifs is 1. The minimum absolute atomic E-state index is 0.163. The molecule has 0 aliphatic carbocycles. The predicted molar refractivity (Wildman–Crippen MR) is 131 cm³/mol. The first-order valence-electron chi connectivity index (χ1n) is 10.9. The zero-order valence-corrected chi connectivity index (χ0v) is 20.2. The fraction of sp³-hybridized carbons (Fsp3) is 0.409. The van der Waals surface area contributed by atoms with Gasteiger partial charge in [0.1, 0.15) is 12.1 Å². The molecule has 0 saturated heterocycles. The zero-order valence-electron chi connectivity index (χ0n) is 19.3. The monoisotopic (exact) mass is 523 g/mol. The number of para-hydroxylation sites is 1. The summed E-state index contributed by atoms with van der Waals surface area (Å²) < 4.78 is 0. The van der Waals surface area contributed by atoms with E-state index in [1.54, 1.807) is 6.20 Å². The van der Waals surface area contributed by atoms with Crippen molar-refractivity contribution in [2.24, 2.45) is 5.73 Å². The molecule has 14 heteroatoms. The summed E-state index contributed by atoms with van der Waals surface area (Å²) in [6.45, 7) is 1.12. The van der Waals surface area contributed by atoms with E-state index in [0.29, 0.717) is 0 Å². The molecule has 0 saturated carbocycles. The van der Waals surface area contributed by atoms with E-state index in [1.807, 2.05) is 29.6 Å². The molecule has 0 bridgehead atoms. The van der Waals surface area contributed by atoms with Gasteiger partial charge in [0.05, 0.1) is 18.6 Å². The standard InChI is InChI=1S/C22H29N5O8S/c1-10(28)18(22(34)35)27-20(32)15(7-17(29)30)25-21(33)16(9-36)26-19(31)13(23)6-11-8-24-14-5-3-2-4-12(11)14/h2-5,8,10,13,15-16,18,24,28,36H,6-7,9,23H2,1H3,(H,25,33)(H,26,31)(H,27,32)(H,29,30)(H,34,35). The number of thiol groups is 1. The van der Waals surface area contributed by atoms with E-state index in [4.69, 9.17) is 15.9 Å². The molecule has 0 aliphatic rings. The van der Waals surface area contributed by atoms with Gasteiger partial charge in [0.25, 0.3) is 0 Å². The summed E-state index contributed by atoms with van der Waals surface area (Å²) in [6.07, 6.45) is -0.475. The van der Waals surface area contributed by atoms with Gasteiger partial charge in [-0.3, -0.25) is 19.2 Å². The van der Waals surface area contributed by atoms with Crippen molar-refractivity contribution >= 4 is 53.2 Å². The lowest BCUT2D eigenvalue weighted by molar-refractivity contribution is -0.146. The summed E-state index contributed by atoms with van der Waals surface area (Å²) >= 11 is 4.04. The fourth-order valence-electron chi connectivity index (χ4n) is 3.40. The smallest absolute Gasteiger partial charge is 0.328 e. The summed E-state index contributed by atoms with van der Waals surface area (Å²) in [5, 5.41) is 35.2. The van der Waals surface area contributed by atoms with Gasteiger partial charge in [0.2, 0.25) is 17.7 Å². The van der Waals surface area contributed by atoms with Crippen LogP contribution >= 0.6 is 12.6 Å². The number of rotatable bonds is 13. The Morgan fingerprint density at radius 3 is 2.19 bits per heavy atom. The fourth-order valence-corrected chi connectivity index (χ4v) is 3.66. The highest BCUT2D eigenvalue weighted by Gasteiger charge is 2.32. The van der Waals surface area contributed by atoms with Crippen molar-refractivity contribution < 1.29 is 39.3 Å². The van der Waals surface area contributed by atoms with Crippen LogP contribution in [0, 0.1) is 0 Å². The maximum atomic E-state index is 12.7. The van der Waals surface area contributed by atoms with E-state index in [0.717, 1.165) is 23.4 Å². The lowest BCUT2D eigenvalue weighted by atomic mass is 10.0. The van der Waals surface area contributed by atoms with Crippen LogP contribution in [0.2, 0.25) is 0 Å². The number of aliphatic hydroxyl groups excluding tert-OH is 1. The Kier molecular flexibility index (Phi) is 10.3.